The molecule has 1 saturated carbocycles. The SMILES string of the molecule is CC(CNc1ncc(N)cc1C(N)=O)C1CC1. The molecule has 1 aliphatic rings. The average Bonchev–Trinajstić information content (AvgIpc) is 3.10. The van der Waals surface area contributed by atoms with E-state index in [0.717, 1.165) is 12.5 Å². The molecule has 0 saturated heterocycles. The first-order valence-electron chi connectivity index (χ1n) is 5.87. The van der Waals surface area contributed by atoms with E-state index in [1.54, 1.807) is 6.07 Å². The van der Waals surface area contributed by atoms with Gasteiger partial charge >= 0.3 is 0 Å². The van der Waals surface area contributed by atoms with Gasteiger partial charge in [-0.25, -0.2) is 4.98 Å². The molecule has 1 fully saturated rings. The van der Waals surface area contributed by atoms with Crippen molar-refractivity contribution in [1.82, 2.24) is 4.98 Å². The molecule has 1 aromatic rings. The number of nitrogen functional groups attached to an aromatic ring is 1. The quantitative estimate of drug-likeness (QED) is 0.714. The third-order valence-electron chi connectivity index (χ3n) is 3.19. The Morgan fingerprint density at radius 2 is 2.35 bits per heavy atom. The summed E-state index contributed by atoms with van der Waals surface area (Å²) in [6, 6.07) is 1.56. The molecule has 1 unspecified atom stereocenters. The molecule has 0 spiro atoms. The molecule has 1 atom stereocenters. The molecule has 1 amide bonds. The minimum Gasteiger partial charge on any atom is -0.397 e. The van der Waals surface area contributed by atoms with Crippen LogP contribution in [-0.4, -0.2) is 17.4 Å². The molecule has 5 N–H and O–H groups in total. The summed E-state index contributed by atoms with van der Waals surface area (Å²) in [6.45, 7) is 3.01. The molecule has 5 nitrogen and oxygen atoms in total. The van der Waals surface area contributed by atoms with Crippen molar-refractivity contribution in [2.75, 3.05) is 17.6 Å². The van der Waals surface area contributed by atoms with E-state index in [4.69, 9.17) is 11.5 Å². The van der Waals surface area contributed by atoms with Crippen molar-refractivity contribution in [3.63, 3.8) is 0 Å². The van der Waals surface area contributed by atoms with Crippen LogP contribution in [0.4, 0.5) is 11.5 Å². The zero-order chi connectivity index (χ0) is 12.4. The van der Waals surface area contributed by atoms with E-state index in [9.17, 15) is 4.79 Å². The molecule has 1 heterocycles. The summed E-state index contributed by atoms with van der Waals surface area (Å²) < 4.78 is 0. The number of pyridine rings is 1. The van der Waals surface area contributed by atoms with E-state index in [1.165, 1.54) is 19.0 Å². The summed E-state index contributed by atoms with van der Waals surface area (Å²) in [5, 5.41) is 3.18. The van der Waals surface area contributed by atoms with Gasteiger partial charge in [0, 0.05) is 6.54 Å². The summed E-state index contributed by atoms with van der Waals surface area (Å²) in [5.41, 5.74) is 11.7. The van der Waals surface area contributed by atoms with Crippen LogP contribution in [0.5, 0.6) is 0 Å². The van der Waals surface area contributed by atoms with Crippen molar-refractivity contribution in [3.05, 3.63) is 17.8 Å². The minimum absolute atomic E-state index is 0.355. The third kappa shape index (κ3) is 2.87. The summed E-state index contributed by atoms with van der Waals surface area (Å²) in [7, 11) is 0. The smallest absolute Gasteiger partial charge is 0.252 e. The van der Waals surface area contributed by atoms with Gasteiger partial charge in [-0.3, -0.25) is 4.79 Å². The zero-order valence-corrected chi connectivity index (χ0v) is 9.94. The monoisotopic (exact) mass is 234 g/mol. The summed E-state index contributed by atoms with van der Waals surface area (Å²) in [6.07, 6.45) is 4.14. The molecule has 17 heavy (non-hydrogen) atoms. The first-order chi connectivity index (χ1) is 8.08. The third-order valence-corrected chi connectivity index (χ3v) is 3.19. The van der Waals surface area contributed by atoms with Crippen molar-refractivity contribution in [1.29, 1.82) is 0 Å². The van der Waals surface area contributed by atoms with Crippen molar-refractivity contribution < 1.29 is 4.79 Å². The number of primary amides is 1. The molecule has 0 aliphatic heterocycles. The van der Waals surface area contributed by atoms with Gasteiger partial charge in [0.2, 0.25) is 0 Å². The predicted molar refractivity (Wildman–Crippen MR) is 67.5 cm³/mol. The van der Waals surface area contributed by atoms with Gasteiger partial charge in [0.25, 0.3) is 5.91 Å². The Balaban J connectivity index is 2.06. The lowest BCUT2D eigenvalue weighted by molar-refractivity contribution is 0.100. The molecular formula is C12H18N4O. The van der Waals surface area contributed by atoms with Gasteiger partial charge in [0.05, 0.1) is 17.4 Å². The Kier molecular flexibility index (Phi) is 3.17. The summed E-state index contributed by atoms with van der Waals surface area (Å²) in [5.74, 6) is 1.42. The Hall–Kier alpha value is -1.78. The maximum Gasteiger partial charge on any atom is 0.252 e. The van der Waals surface area contributed by atoms with Crippen molar-refractivity contribution in [2.45, 2.75) is 19.8 Å². The van der Waals surface area contributed by atoms with Gasteiger partial charge < -0.3 is 16.8 Å². The Labute approximate surface area is 101 Å². The Morgan fingerprint density at radius 3 is 2.94 bits per heavy atom. The number of nitrogens with two attached hydrogens (primary N) is 2. The number of nitrogens with zero attached hydrogens (tertiary/aromatic N) is 1. The predicted octanol–water partition coefficient (Wildman–Crippen LogP) is 1.22. The van der Waals surface area contributed by atoms with Crippen molar-refractivity contribution in [2.24, 2.45) is 17.6 Å². The number of rotatable bonds is 5. The molecule has 0 radical (unpaired) electrons. The number of anilines is 2. The molecule has 2 rings (SSSR count). The van der Waals surface area contributed by atoms with E-state index in [2.05, 4.69) is 17.2 Å². The van der Waals surface area contributed by atoms with Gasteiger partial charge in [0.15, 0.2) is 0 Å². The van der Waals surface area contributed by atoms with Gasteiger partial charge in [-0.15, -0.1) is 0 Å². The van der Waals surface area contributed by atoms with E-state index in [1.807, 2.05) is 0 Å². The average molecular weight is 234 g/mol. The van der Waals surface area contributed by atoms with Crippen LogP contribution in [0.3, 0.4) is 0 Å². The number of carbonyl (C=O) groups excluding carboxylic acids is 1. The van der Waals surface area contributed by atoms with Gasteiger partial charge in [0.1, 0.15) is 5.82 Å². The highest BCUT2D eigenvalue weighted by atomic mass is 16.1. The largest absolute Gasteiger partial charge is 0.397 e. The van der Waals surface area contributed by atoms with Gasteiger partial charge in [-0.05, 0) is 30.7 Å². The van der Waals surface area contributed by atoms with Crippen LogP contribution in [0, 0.1) is 11.8 Å². The fourth-order valence-corrected chi connectivity index (χ4v) is 1.90. The summed E-state index contributed by atoms with van der Waals surface area (Å²) >= 11 is 0. The maximum atomic E-state index is 11.3. The number of nitrogens with one attached hydrogen (secondary N) is 1. The number of hydrogen-bond acceptors (Lipinski definition) is 4. The lowest BCUT2D eigenvalue weighted by Gasteiger charge is -2.13. The first kappa shape index (κ1) is 11.7. The minimum atomic E-state index is -0.508. The number of aromatic nitrogens is 1. The fourth-order valence-electron chi connectivity index (χ4n) is 1.90. The molecule has 1 aromatic heterocycles. The first-order valence-corrected chi connectivity index (χ1v) is 5.87. The van der Waals surface area contributed by atoms with E-state index in [0.29, 0.717) is 23.0 Å². The molecular weight excluding hydrogens is 216 g/mol. The van der Waals surface area contributed by atoms with E-state index in [-0.39, 0.29) is 0 Å². The molecule has 0 bridgehead atoms. The highest BCUT2D eigenvalue weighted by Crippen LogP contribution is 2.36. The fraction of sp³-hybridized carbons (Fsp3) is 0.500. The second-order valence-electron chi connectivity index (χ2n) is 4.72. The van der Waals surface area contributed by atoms with Gasteiger partial charge in [-0.2, -0.15) is 0 Å². The normalized spacial score (nSPS) is 16.5. The standard InChI is InChI=1S/C12H18N4O/c1-7(8-2-3-8)5-15-12-10(11(14)17)4-9(13)6-16-12/h4,6-8H,2-3,5,13H2,1H3,(H2,14,17)(H,15,16). The van der Waals surface area contributed by atoms with Crippen LogP contribution in [0.15, 0.2) is 12.3 Å². The zero-order valence-electron chi connectivity index (χ0n) is 9.94. The van der Waals surface area contributed by atoms with E-state index >= 15 is 0 Å². The molecule has 5 heteroatoms. The van der Waals surface area contributed by atoms with Crippen LogP contribution >= 0.6 is 0 Å². The number of hydrogen-bond donors (Lipinski definition) is 3. The van der Waals surface area contributed by atoms with Crippen molar-refractivity contribution in [3.8, 4) is 0 Å². The van der Waals surface area contributed by atoms with Gasteiger partial charge in [-0.1, -0.05) is 6.92 Å². The highest BCUT2D eigenvalue weighted by molar-refractivity contribution is 5.98. The Morgan fingerprint density at radius 1 is 1.65 bits per heavy atom. The van der Waals surface area contributed by atoms with Crippen LogP contribution in [0.2, 0.25) is 0 Å². The second-order valence-corrected chi connectivity index (χ2v) is 4.72. The van der Waals surface area contributed by atoms with Crippen LogP contribution in [0.25, 0.3) is 0 Å². The second kappa shape index (κ2) is 4.61. The molecule has 92 valence electrons. The summed E-state index contributed by atoms with van der Waals surface area (Å²) in [4.78, 5) is 15.4. The van der Waals surface area contributed by atoms with Crippen molar-refractivity contribution >= 4 is 17.4 Å². The Bertz CT molecular complexity index is 429. The van der Waals surface area contributed by atoms with Crippen LogP contribution in [-0.2, 0) is 0 Å². The van der Waals surface area contributed by atoms with Crippen LogP contribution in [0.1, 0.15) is 30.1 Å². The van der Waals surface area contributed by atoms with E-state index < -0.39 is 5.91 Å². The topological polar surface area (TPSA) is 94.0 Å². The number of carbonyl (C=O) groups is 1. The highest BCUT2D eigenvalue weighted by Gasteiger charge is 2.27. The molecule has 1 aliphatic carbocycles. The maximum absolute atomic E-state index is 11.3. The lowest BCUT2D eigenvalue weighted by atomic mass is 10.1. The molecule has 0 aromatic carbocycles. The number of amides is 1. The van der Waals surface area contributed by atoms with Crippen LogP contribution < -0.4 is 16.8 Å². The lowest BCUT2D eigenvalue weighted by Crippen LogP contribution is -2.19.